The van der Waals surface area contributed by atoms with Crippen molar-refractivity contribution in [2.45, 2.75) is 18.6 Å². The zero-order valence-electron chi connectivity index (χ0n) is 8.54. The second kappa shape index (κ2) is 3.93. The molecule has 2 N–H and O–H groups in total. The predicted octanol–water partition coefficient (Wildman–Crippen LogP) is 1.64. The van der Waals surface area contributed by atoms with Crippen LogP contribution < -0.4 is 10.6 Å². The maximum atomic E-state index is 12.4. The van der Waals surface area contributed by atoms with Gasteiger partial charge >= 0.3 is 6.18 Å². The number of nitrogens with two attached hydrogens (primary N) is 1. The molecular weight excluding hydrogens is 219 g/mol. The van der Waals surface area contributed by atoms with Crippen LogP contribution in [0.25, 0.3) is 0 Å². The van der Waals surface area contributed by atoms with Crippen LogP contribution in [0.5, 0.6) is 0 Å². The highest BCUT2D eigenvalue weighted by Gasteiger charge is 2.33. The molecule has 88 valence electrons. The maximum Gasteiger partial charge on any atom is 0.433 e. The van der Waals surface area contributed by atoms with E-state index in [9.17, 15) is 13.2 Å². The Hall–Kier alpha value is -1.30. The predicted molar refractivity (Wildman–Crippen MR) is 54.0 cm³/mol. The summed E-state index contributed by atoms with van der Waals surface area (Å²) in [5, 5.41) is 0. The average molecular weight is 231 g/mol. The number of hydrogen-bond acceptors (Lipinski definition) is 3. The lowest BCUT2D eigenvalue weighted by atomic mass is 10.3. The van der Waals surface area contributed by atoms with E-state index in [1.165, 1.54) is 6.07 Å². The van der Waals surface area contributed by atoms with Crippen molar-refractivity contribution in [1.29, 1.82) is 0 Å². The fourth-order valence-electron chi connectivity index (χ4n) is 1.75. The van der Waals surface area contributed by atoms with Crippen molar-refractivity contribution in [2.24, 2.45) is 5.73 Å². The molecule has 1 saturated heterocycles. The molecule has 0 aromatic carbocycles. The first kappa shape index (κ1) is 11.2. The van der Waals surface area contributed by atoms with Crippen LogP contribution in [-0.4, -0.2) is 24.1 Å². The molecule has 16 heavy (non-hydrogen) atoms. The minimum absolute atomic E-state index is 0.0244. The fraction of sp³-hybridized carbons (Fsp3) is 0.500. The first-order valence-electron chi connectivity index (χ1n) is 5.01. The number of anilines is 1. The first-order valence-corrected chi connectivity index (χ1v) is 5.01. The molecule has 0 unspecified atom stereocenters. The summed E-state index contributed by atoms with van der Waals surface area (Å²) >= 11 is 0. The van der Waals surface area contributed by atoms with Gasteiger partial charge in [0.1, 0.15) is 11.5 Å². The quantitative estimate of drug-likeness (QED) is 0.798. The Labute approximate surface area is 91.1 Å². The molecule has 0 amide bonds. The van der Waals surface area contributed by atoms with Gasteiger partial charge in [0.2, 0.25) is 0 Å². The Morgan fingerprint density at radius 3 is 2.69 bits per heavy atom. The highest BCUT2D eigenvalue weighted by atomic mass is 19.4. The summed E-state index contributed by atoms with van der Waals surface area (Å²) in [5.41, 5.74) is 4.84. The van der Waals surface area contributed by atoms with Gasteiger partial charge in [-0.1, -0.05) is 6.07 Å². The second-order valence-corrected chi connectivity index (χ2v) is 3.87. The number of hydrogen-bond donors (Lipinski definition) is 1. The second-order valence-electron chi connectivity index (χ2n) is 3.87. The standard InChI is InChI=1S/C10H12F3N3/c11-10(12,13)8-2-1-3-9(15-8)16-5-4-7(14)6-16/h1-3,7H,4-6,14H2/t7-/m1/s1. The molecule has 6 heteroatoms. The summed E-state index contributed by atoms with van der Waals surface area (Å²) in [5.74, 6) is 0.350. The van der Waals surface area contributed by atoms with Crippen LogP contribution in [0.4, 0.5) is 19.0 Å². The van der Waals surface area contributed by atoms with Gasteiger partial charge in [-0.3, -0.25) is 0 Å². The number of aromatic nitrogens is 1. The largest absolute Gasteiger partial charge is 0.433 e. The third-order valence-electron chi connectivity index (χ3n) is 2.57. The molecule has 1 aromatic heterocycles. The van der Waals surface area contributed by atoms with Gasteiger partial charge in [-0.05, 0) is 18.6 Å². The maximum absolute atomic E-state index is 12.4. The Bertz CT molecular complexity index is 378. The van der Waals surface area contributed by atoms with Gasteiger partial charge in [0.05, 0.1) is 0 Å². The smallest absolute Gasteiger partial charge is 0.355 e. The van der Waals surface area contributed by atoms with Gasteiger partial charge < -0.3 is 10.6 Å². The Kier molecular flexibility index (Phi) is 2.75. The molecule has 1 aromatic rings. The Morgan fingerprint density at radius 1 is 1.38 bits per heavy atom. The van der Waals surface area contributed by atoms with Crippen LogP contribution >= 0.6 is 0 Å². The molecule has 1 aliphatic rings. The van der Waals surface area contributed by atoms with Gasteiger partial charge in [-0.25, -0.2) is 4.98 Å². The van der Waals surface area contributed by atoms with Crippen LogP contribution in [0.2, 0.25) is 0 Å². The molecule has 2 rings (SSSR count). The fourth-order valence-corrected chi connectivity index (χ4v) is 1.75. The van der Waals surface area contributed by atoms with Crippen LogP contribution in [-0.2, 0) is 6.18 Å². The Balaban J connectivity index is 2.23. The highest BCUT2D eigenvalue weighted by Crippen LogP contribution is 2.29. The minimum atomic E-state index is -4.39. The van der Waals surface area contributed by atoms with Gasteiger partial charge in [-0.15, -0.1) is 0 Å². The van der Waals surface area contributed by atoms with Crippen LogP contribution in [0.3, 0.4) is 0 Å². The lowest BCUT2D eigenvalue weighted by Crippen LogP contribution is -2.27. The van der Waals surface area contributed by atoms with E-state index in [1.54, 1.807) is 11.0 Å². The lowest BCUT2D eigenvalue weighted by Gasteiger charge is -2.17. The van der Waals surface area contributed by atoms with Crippen molar-refractivity contribution in [2.75, 3.05) is 18.0 Å². The van der Waals surface area contributed by atoms with E-state index in [0.29, 0.717) is 18.9 Å². The summed E-state index contributed by atoms with van der Waals surface area (Å²) in [4.78, 5) is 5.38. The van der Waals surface area contributed by atoms with Gasteiger partial charge in [0.15, 0.2) is 0 Å². The normalized spacial score (nSPS) is 21.5. The molecule has 0 saturated carbocycles. The zero-order valence-corrected chi connectivity index (χ0v) is 8.54. The van der Waals surface area contributed by atoms with E-state index in [-0.39, 0.29) is 6.04 Å². The highest BCUT2D eigenvalue weighted by molar-refractivity contribution is 5.41. The lowest BCUT2D eigenvalue weighted by molar-refractivity contribution is -0.141. The third kappa shape index (κ3) is 2.27. The van der Waals surface area contributed by atoms with Crippen molar-refractivity contribution >= 4 is 5.82 Å². The van der Waals surface area contributed by atoms with E-state index in [0.717, 1.165) is 12.5 Å². The summed E-state index contributed by atoms with van der Waals surface area (Å²) in [6, 6.07) is 3.94. The first-order chi connectivity index (χ1) is 7.47. The van der Waals surface area contributed by atoms with Crippen LogP contribution in [0, 0.1) is 0 Å². The third-order valence-corrected chi connectivity index (χ3v) is 2.57. The molecule has 0 bridgehead atoms. The Morgan fingerprint density at radius 2 is 2.12 bits per heavy atom. The number of alkyl halides is 3. The molecule has 2 heterocycles. The summed E-state index contributed by atoms with van der Waals surface area (Å²) in [7, 11) is 0. The molecule has 0 radical (unpaired) electrons. The molecular formula is C10H12F3N3. The van der Waals surface area contributed by atoms with Crippen molar-refractivity contribution < 1.29 is 13.2 Å². The SMILES string of the molecule is N[C@@H]1CCN(c2cccc(C(F)(F)F)n2)C1. The van der Waals surface area contributed by atoms with Crippen molar-refractivity contribution in [3.8, 4) is 0 Å². The molecule has 3 nitrogen and oxygen atoms in total. The molecule has 0 spiro atoms. The van der Waals surface area contributed by atoms with Crippen molar-refractivity contribution in [1.82, 2.24) is 4.98 Å². The molecule has 1 fully saturated rings. The van der Waals surface area contributed by atoms with E-state index in [1.807, 2.05) is 0 Å². The van der Waals surface area contributed by atoms with E-state index in [4.69, 9.17) is 5.73 Å². The van der Waals surface area contributed by atoms with Crippen molar-refractivity contribution in [3.63, 3.8) is 0 Å². The summed E-state index contributed by atoms with van der Waals surface area (Å²) in [6.45, 7) is 1.23. The van der Waals surface area contributed by atoms with E-state index < -0.39 is 11.9 Å². The number of pyridine rings is 1. The molecule has 1 aliphatic heterocycles. The van der Waals surface area contributed by atoms with E-state index in [2.05, 4.69) is 4.98 Å². The zero-order chi connectivity index (χ0) is 11.8. The monoisotopic (exact) mass is 231 g/mol. The molecule has 1 atom stereocenters. The molecule has 0 aliphatic carbocycles. The van der Waals surface area contributed by atoms with Gasteiger partial charge in [-0.2, -0.15) is 13.2 Å². The number of halogens is 3. The average Bonchev–Trinajstić information content (AvgIpc) is 2.64. The van der Waals surface area contributed by atoms with Crippen LogP contribution in [0.15, 0.2) is 18.2 Å². The van der Waals surface area contributed by atoms with Gasteiger partial charge in [0.25, 0.3) is 0 Å². The van der Waals surface area contributed by atoms with Crippen LogP contribution in [0.1, 0.15) is 12.1 Å². The summed E-state index contributed by atoms with van der Waals surface area (Å²) < 4.78 is 37.3. The summed E-state index contributed by atoms with van der Waals surface area (Å²) in [6.07, 6.45) is -3.60. The van der Waals surface area contributed by atoms with E-state index >= 15 is 0 Å². The minimum Gasteiger partial charge on any atom is -0.355 e. The number of rotatable bonds is 1. The number of nitrogens with zero attached hydrogens (tertiary/aromatic N) is 2. The van der Waals surface area contributed by atoms with Gasteiger partial charge in [0, 0.05) is 19.1 Å². The topological polar surface area (TPSA) is 42.1 Å². The van der Waals surface area contributed by atoms with Crippen molar-refractivity contribution in [3.05, 3.63) is 23.9 Å².